The molecule has 0 aliphatic carbocycles. The number of aromatic nitrogens is 1. The summed E-state index contributed by atoms with van der Waals surface area (Å²) in [6.45, 7) is 12.8. The molecular formula is C54H46N4O4. The molecule has 0 saturated carbocycles. The number of methoxy groups -OCH3 is 2. The number of nitrogens with zero attached hydrogens (tertiary/aromatic N) is 3. The van der Waals surface area contributed by atoms with Crippen molar-refractivity contribution in [3.63, 3.8) is 0 Å². The predicted octanol–water partition coefficient (Wildman–Crippen LogP) is 9.75. The van der Waals surface area contributed by atoms with Crippen molar-refractivity contribution in [1.29, 1.82) is 0 Å². The minimum absolute atomic E-state index is 0.150. The lowest BCUT2D eigenvalue weighted by Gasteiger charge is -2.17. The van der Waals surface area contributed by atoms with Crippen molar-refractivity contribution in [1.82, 2.24) is 4.98 Å². The fraction of sp³-hybridized carbons (Fsp3) is 0.148. The van der Waals surface area contributed by atoms with E-state index >= 15 is 0 Å². The number of benzene rings is 4. The Kier molecular flexibility index (Phi) is 10.2. The molecule has 306 valence electrons. The first-order chi connectivity index (χ1) is 29.9. The van der Waals surface area contributed by atoms with Crippen molar-refractivity contribution >= 4 is 51.3 Å². The van der Waals surface area contributed by atoms with E-state index in [0.717, 1.165) is 112 Å². The van der Waals surface area contributed by atoms with Crippen LogP contribution in [-0.2, 0) is 9.47 Å². The zero-order valence-electron chi connectivity index (χ0n) is 36.1. The third kappa shape index (κ3) is 7.03. The van der Waals surface area contributed by atoms with Gasteiger partial charge in [0.05, 0.1) is 59.2 Å². The molecule has 5 heterocycles. The molecule has 0 atom stereocenters. The summed E-state index contributed by atoms with van der Waals surface area (Å²) in [5.41, 5.74) is 20.4. The van der Waals surface area contributed by atoms with Crippen LogP contribution in [-0.4, -0.2) is 47.4 Å². The highest BCUT2D eigenvalue weighted by Crippen LogP contribution is 2.40. The molecule has 0 spiro atoms. The van der Waals surface area contributed by atoms with Gasteiger partial charge in [0, 0.05) is 33.7 Å². The third-order valence-electron chi connectivity index (χ3n) is 11.7. The average Bonchev–Trinajstić information content (AvgIpc) is 4.10. The number of hydrogen-bond donors (Lipinski definition) is 2. The fourth-order valence-electron chi connectivity index (χ4n) is 9.20. The van der Waals surface area contributed by atoms with Crippen LogP contribution in [0.3, 0.4) is 0 Å². The Morgan fingerprint density at radius 3 is 1.48 bits per heavy atom. The van der Waals surface area contributed by atoms with Crippen molar-refractivity contribution in [3.8, 4) is 0 Å². The van der Waals surface area contributed by atoms with Crippen LogP contribution < -0.4 is 10.4 Å². The smallest absolute Gasteiger partial charge is 0.337 e. The summed E-state index contributed by atoms with van der Waals surface area (Å²) in [6.07, 6.45) is 12.4. The number of esters is 1. The van der Waals surface area contributed by atoms with Crippen molar-refractivity contribution in [3.05, 3.63) is 216 Å². The molecule has 0 saturated heterocycles. The summed E-state index contributed by atoms with van der Waals surface area (Å²) in [5.74, 6) is -0.551. The van der Waals surface area contributed by atoms with Crippen LogP contribution in [0.25, 0.3) is 28.2 Å². The summed E-state index contributed by atoms with van der Waals surface area (Å²) in [4.78, 5) is 32.7. The summed E-state index contributed by atoms with van der Waals surface area (Å²) < 4.78 is 10.2. The van der Waals surface area contributed by atoms with Gasteiger partial charge in [-0.15, -0.1) is 0 Å². The maximum Gasteiger partial charge on any atom is 0.337 e. The predicted molar refractivity (Wildman–Crippen MR) is 251 cm³/mol. The van der Waals surface area contributed by atoms with E-state index in [0.29, 0.717) is 10.8 Å². The van der Waals surface area contributed by atoms with E-state index in [2.05, 4.69) is 119 Å². The molecule has 8 heteroatoms. The van der Waals surface area contributed by atoms with Crippen LogP contribution in [0.2, 0.25) is 0 Å². The summed E-state index contributed by atoms with van der Waals surface area (Å²) >= 11 is 0. The molecule has 0 amide bonds. The van der Waals surface area contributed by atoms with Crippen molar-refractivity contribution in [2.45, 2.75) is 41.5 Å². The zero-order valence-corrected chi connectivity index (χ0v) is 36.1. The van der Waals surface area contributed by atoms with E-state index in [-0.39, 0.29) is 5.95 Å². The number of rotatable bonds is 5. The number of carbonyl (C=O) groups is 1. The lowest BCUT2D eigenvalue weighted by Crippen LogP contribution is -2.17. The first-order valence-electron chi connectivity index (χ1n) is 20.6. The number of allylic oxidation sites excluding steroid dienone is 8. The normalized spacial score (nSPS) is 15.4. The molecule has 62 heavy (non-hydrogen) atoms. The maximum atomic E-state index is 12.5. The molecular weight excluding hydrogens is 769 g/mol. The second-order valence-corrected chi connectivity index (χ2v) is 16.1. The van der Waals surface area contributed by atoms with Gasteiger partial charge < -0.3 is 19.6 Å². The first kappa shape index (κ1) is 39.9. The lowest BCUT2D eigenvalue weighted by molar-refractivity contribution is 0.0600. The molecule has 4 aliphatic heterocycles. The number of aromatic amines is 1. The molecule has 0 fully saturated rings. The minimum Gasteiger partial charge on any atom is -0.481 e. The van der Waals surface area contributed by atoms with Crippen molar-refractivity contribution < 1.29 is 19.4 Å². The number of ether oxygens (including phenoxy) is 2. The SMILES string of the molecule is COC(=O)c1ccc(C2=C3C=CC(=N3)C(c3c(C)cc(C)cc3C)=C3C=CC(=N3)C(=c3ccc(=C(O)OC)cc3)c3ccc([nH]3)C(c3c(C)cc(C)cc3C)=C3C=CC2=N3)cc1. The number of aliphatic hydroxyl groups is 1. The van der Waals surface area contributed by atoms with Crippen LogP contribution >= 0.6 is 0 Å². The quantitative estimate of drug-likeness (QED) is 0.172. The molecule has 4 aromatic carbocycles. The Labute approximate surface area is 361 Å². The van der Waals surface area contributed by atoms with Crippen molar-refractivity contribution in [2.24, 2.45) is 15.0 Å². The molecule has 0 unspecified atom stereocenters. The van der Waals surface area contributed by atoms with Crippen LogP contribution in [0.1, 0.15) is 71.8 Å². The number of aliphatic hydroxyl groups excluding tert-OH is 1. The molecule has 8 nitrogen and oxygen atoms in total. The molecule has 8 bridgehead atoms. The topological polar surface area (TPSA) is 109 Å². The van der Waals surface area contributed by atoms with Gasteiger partial charge >= 0.3 is 5.97 Å². The Hall–Kier alpha value is -7.58. The second-order valence-electron chi connectivity index (χ2n) is 16.1. The van der Waals surface area contributed by atoms with Gasteiger partial charge in [-0.05, 0) is 159 Å². The lowest BCUT2D eigenvalue weighted by atomic mass is 9.90. The summed E-state index contributed by atoms with van der Waals surface area (Å²) in [5, 5.41) is 11.9. The molecule has 2 N–H and O–H groups in total. The second kappa shape index (κ2) is 15.8. The number of aryl methyl sites for hydroxylation is 6. The monoisotopic (exact) mass is 814 g/mol. The Balaban J connectivity index is 1.40. The number of nitrogens with one attached hydrogen (secondary N) is 1. The fourth-order valence-corrected chi connectivity index (χ4v) is 9.20. The largest absolute Gasteiger partial charge is 0.481 e. The molecule has 5 aromatic rings. The summed E-state index contributed by atoms with van der Waals surface area (Å²) in [7, 11) is 2.83. The molecule has 9 rings (SSSR count). The van der Waals surface area contributed by atoms with Crippen molar-refractivity contribution in [2.75, 3.05) is 14.2 Å². The van der Waals surface area contributed by atoms with Gasteiger partial charge in [0.15, 0.2) is 0 Å². The van der Waals surface area contributed by atoms with Crippen LogP contribution in [0.4, 0.5) is 0 Å². The molecule has 1 aromatic heterocycles. The van der Waals surface area contributed by atoms with Gasteiger partial charge in [-0.2, -0.15) is 0 Å². The molecule has 4 aliphatic rings. The average molecular weight is 815 g/mol. The van der Waals surface area contributed by atoms with Crippen LogP contribution in [0, 0.1) is 41.5 Å². The number of hydrogen-bond acceptors (Lipinski definition) is 7. The van der Waals surface area contributed by atoms with E-state index in [1.165, 1.54) is 25.3 Å². The van der Waals surface area contributed by atoms with Gasteiger partial charge in [0.2, 0.25) is 0 Å². The Morgan fingerprint density at radius 2 is 0.968 bits per heavy atom. The first-order valence-corrected chi connectivity index (χ1v) is 20.6. The highest BCUT2D eigenvalue weighted by Gasteiger charge is 2.28. The Morgan fingerprint density at radius 1 is 0.516 bits per heavy atom. The van der Waals surface area contributed by atoms with E-state index < -0.39 is 5.97 Å². The Bertz CT molecular complexity index is 3140. The van der Waals surface area contributed by atoms with E-state index in [4.69, 9.17) is 24.5 Å². The number of aliphatic imine (C=N–C) groups is 3. The van der Waals surface area contributed by atoms with E-state index in [1.807, 2.05) is 36.4 Å². The van der Waals surface area contributed by atoms with Crippen LogP contribution in [0.15, 0.2) is 153 Å². The number of H-pyrrole nitrogens is 1. The van der Waals surface area contributed by atoms with Crippen LogP contribution in [0.5, 0.6) is 0 Å². The standard InChI is InChI=1S/C54H46N4O4/c1-29-25-31(3)47(32(4)26-29)51-43-21-17-39(55-43)49(35-9-13-37(14-10-35)53(59)61-7)41-19-23-45(57-41)52(48-33(5)27-30(2)28-34(48)6)46-24-20-42(58-46)50(40-18-22-44(51)56-40)36-11-15-38(16-12-36)54(60)62-8/h9-28,55,59H,1-8H3. The molecule has 0 radical (unpaired) electrons. The van der Waals surface area contributed by atoms with E-state index in [1.54, 1.807) is 12.1 Å². The van der Waals surface area contributed by atoms with Gasteiger partial charge in [-0.3, -0.25) is 0 Å². The zero-order chi connectivity index (χ0) is 43.4. The van der Waals surface area contributed by atoms with Gasteiger partial charge in [0.25, 0.3) is 5.95 Å². The third-order valence-corrected chi connectivity index (χ3v) is 11.7. The maximum absolute atomic E-state index is 12.5. The van der Waals surface area contributed by atoms with Gasteiger partial charge in [-0.1, -0.05) is 59.7 Å². The summed E-state index contributed by atoms with van der Waals surface area (Å²) in [6, 6.07) is 28.2. The number of fused-ring (bicyclic) bond motifs is 5. The van der Waals surface area contributed by atoms with Gasteiger partial charge in [0.1, 0.15) is 0 Å². The highest BCUT2D eigenvalue weighted by atomic mass is 16.6. The van der Waals surface area contributed by atoms with E-state index in [9.17, 15) is 9.90 Å². The number of carbonyl (C=O) groups excluding carboxylic acids is 1. The highest BCUT2D eigenvalue weighted by molar-refractivity contribution is 6.37. The minimum atomic E-state index is -0.402. The van der Waals surface area contributed by atoms with Gasteiger partial charge in [-0.25, -0.2) is 19.8 Å².